The summed E-state index contributed by atoms with van der Waals surface area (Å²) in [7, 11) is -3.68. The van der Waals surface area contributed by atoms with E-state index < -0.39 is 10.0 Å². The normalized spacial score (nSPS) is 17.4. The second kappa shape index (κ2) is 9.29. The first-order valence-corrected chi connectivity index (χ1v) is 11.7. The molecule has 30 heavy (non-hydrogen) atoms. The van der Waals surface area contributed by atoms with Gasteiger partial charge in [0.2, 0.25) is 10.0 Å². The maximum absolute atomic E-state index is 12.8. The van der Waals surface area contributed by atoms with E-state index in [9.17, 15) is 13.2 Å². The van der Waals surface area contributed by atoms with Gasteiger partial charge in [-0.05, 0) is 69.5 Å². The monoisotopic (exact) mass is 430 g/mol. The number of carbonyl (C=O) groups excluding carboxylic acids is 1. The molecule has 1 N–H and O–H groups in total. The van der Waals surface area contributed by atoms with Gasteiger partial charge >= 0.3 is 0 Å². The topological polar surface area (TPSA) is 75.7 Å². The Hall–Kier alpha value is -2.22. The van der Waals surface area contributed by atoms with Gasteiger partial charge in [0.1, 0.15) is 5.75 Å². The Kier molecular flexibility index (Phi) is 6.95. The molecule has 0 bridgehead atoms. The summed E-state index contributed by atoms with van der Waals surface area (Å²) in [5.74, 6) is 0.713. The molecule has 0 aromatic heterocycles. The number of sulfonamides is 1. The number of benzene rings is 2. The van der Waals surface area contributed by atoms with E-state index in [1.54, 1.807) is 19.1 Å². The van der Waals surface area contributed by atoms with Gasteiger partial charge in [-0.25, -0.2) is 13.1 Å². The van der Waals surface area contributed by atoms with Crippen LogP contribution in [0.25, 0.3) is 0 Å². The fourth-order valence-electron chi connectivity index (χ4n) is 3.71. The van der Waals surface area contributed by atoms with Crippen LogP contribution in [-0.4, -0.2) is 44.3 Å². The highest BCUT2D eigenvalue weighted by Gasteiger charge is 2.27. The Morgan fingerprint density at radius 3 is 2.53 bits per heavy atom. The highest BCUT2D eigenvalue weighted by Crippen LogP contribution is 2.20. The number of ketones is 1. The molecule has 1 saturated heterocycles. The van der Waals surface area contributed by atoms with Crippen LogP contribution in [0.4, 0.5) is 0 Å². The van der Waals surface area contributed by atoms with Crippen LogP contribution >= 0.6 is 0 Å². The summed E-state index contributed by atoms with van der Waals surface area (Å²) in [4.78, 5) is 14.1. The van der Waals surface area contributed by atoms with Crippen LogP contribution in [0.1, 0.15) is 48.7 Å². The lowest BCUT2D eigenvalue weighted by Crippen LogP contribution is -2.37. The molecule has 0 spiro atoms. The fourth-order valence-corrected chi connectivity index (χ4v) is 5.00. The van der Waals surface area contributed by atoms with Gasteiger partial charge in [0.15, 0.2) is 5.78 Å². The van der Waals surface area contributed by atoms with Gasteiger partial charge in [-0.1, -0.05) is 18.2 Å². The van der Waals surface area contributed by atoms with E-state index >= 15 is 0 Å². The molecule has 7 heteroatoms. The number of Topliss-reactive ketones (excluding diaryl/α,β-unsaturated/α-hetero) is 1. The maximum Gasteiger partial charge on any atom is 0.240 e. The van der Waals surface area contributed by atoms with Crippen LogP contribution in [0, 0.1) is 6.92 Å². The standard InChI is InChI=1S/C23H30N2O4S/c1-16(2)29-21-8-6-19(7-9-21)14-25-12-11-20(15-25)24-30(27,28)22-10-5-17(3)23(13-22)18(4)26/h5-10,13,16,20,24H,11-12,14-15H2,1-4H3/t20-/m1/s1. The van der Waals surface area contributed by atoms with Crippen LogP contribution < -0.4 is 9.46 Å². The van der Waals surface area contributed by atoms with E-state index in [-0.39, 0.29) is 22.8 Å². The molecule has 1 fully saturated rings. The van der Waals surface area contributed by atoms with Gasteiger partial charge in [0, 0.05) is 31.2 Å². The van der Waals surface area contributed by atoms with Crippen LogP contribution in [0.3, 0.4) is 0 Å². The predicted molar refractivity (Wildman–Crippen MR) is 117 cm³/mol. The molecule has 2 aromatic carbocycles. The van der Waals surface area contributed by atoms with Gasteiger partial charge < -0.3 is 4.74 Å². The molecule has 3 rings (SSSR count). The minimum atomic E-state index is -3.68. The second-order valence-corrected chi connectivity index (χ2v) is 9.90. The van der Waals surface area contributed by atoms with E-state index in [0.717, 1.165) is 30.8 Å². The lowest BCUT2D eigenvalue weighted by molar-refractivity contribution is 0.101. The summed E-state index contributed by atoms with van der Waals surface area (Å²) >= 11 is 0. The van der Waals surface area contributed by atoms with Crippen molar-refractivity contribution in [2.75, 3.05) is 13.1 Å². The van der Waals surface area contributed by atoms with E-state index in [1.807, 2.05) is 38.1 Å². The number of aryl methyl sites for hydroxylation is 1. The Labute approximate surface area is 179 Å². The van der Waals surface area contributed by atoms with Crippen molar-refractivity contribution >= 4 is 15.8 Å². The van der Waals surface area contributed by atoms with E-state index in [4.69, 9.17) is 4.74 Å². The van der Waals surface area contributed by atoms with E-state index in [1.165, 1.54) is 18.6 Å². The van der Waals surface area contributed by atoms with Crippen LogP contribution in [0.5, 0.6) is 5.75 Å². The Balaban J connectivity index is 1.60. The molecule has 162 valence electrons. The molecule has 6 nitrogen and oxygen atoms in total. The van der Waals surface area contributed by atoms with Crippen molar-refractivity contribution in [3.63, 3.8) is 0 Å². The molecule has 2 aromatic rings. The molecule has 0 amide bonds. The summed E-state index contributed by atoms with van der Waals surface area (Å²) in [6.07, 6.45) is 0.891. The van der Waals surface area contributed by atoms with Crippen molar-refractivity contribution in [2.45, 2.75) is 57.7 Å². The molecule has 0 saturated carbocycles. The molecule has 0 unspecified atom stereocenters. The molecule has 0 radical (unpaired) electrons. The number of carbonyl (C=O) groups is 1. The maximum atomic E-state index is 12.8. The van der Waals surface area contributed by atoms with Gasteiger partial charge in [0.05, 0.1) is 11.0 Å². The predicted octanol–water partition coefficient (Wildman–Crippen LogP) is 3.54. The van der Waals surface area contributed by atoms with Gasteiger partial charge in [0.25, 0.3) is 0 Å². The van der Waals surface area contributed by atoms with Crippen LogP contribution in [0.15, 0.2) is 47.4 Å². The third-order valence-corrected chi connectivity index (χ3v) is 6.71. The number of likely N-dealkylation sites (tertiary alicyclic amines) is 1. The van der Waals surface area contributed by atoms with E-state index in [0.29, 0.717) is 12.1 Å². The molecule has 1 heterocycles. The zero-order chi connectivity index (χ0) is 21.9. The van der Waals surface area contributed by atoms with E-state index in [2.05, 4.69) is 9.62 Å². The number of hydrogen-bond acceptors (Lipinski definition) is 5. The largest absolute Gasteiger partial charge is 0.491 e. The highest BCUT2D eigenvalue weighted by atomic mass is 32.2. The first-order chi connectivity index (χ1) is 14.1. The number of hydrogen-bond donors (Lipinski definition) is 1. The summed E-state index contributed by atoms with van der Waals surface area (Å²) in [5.41, 5.74) is 2.38. The molecular weight excluding hydrogens is 400 g/mol. The Morgan fingerprint density at radius 2 is 1.90 bits per heavy atom. The van der Waals surface area contributed by atoms with Crippen molar-refractivity contribution in [1.29, 1.82) is 0 Å². The fraction of sp³-hybridized carbons (Fsp3) is 0.435. The minimum Gasteiger partial charge on any atom is -0.491 e. The smallest absolute Gasteiger partial charge is 0.240 e. The number of nitrogens with zero attached hydrogens (tertiary/aromatic N) is 1. The SMILES string of the molecule is CC(=O)c1cc(S(=O)(=O)N[C@@H]2CCN(Cc3ccc(OC(C)C)cc3)C2)ccc1C. The molecule has 1 atom stereocenters. The third-order valence-electron chi connectivity index (χ3n) is 5.19. The number of nitrogens with one attached hydrogen (secondary N) is 1. The lowest BCUT2D eigenvalue weighted by atomic mass is 10.1. The Morgan fingerprint density at radius 1 is 1.20 bits per heavy atom. The van der Waals surface area contributed by atoms with Crippen molar-refractivity contribution < 1.29 is 17.9 Å². The summed E-state index contributed by atoms with van der Waals surface area (Å²) in [6, 6.07) is 12.6. The lowest BCUT2D eigenvalue weighted by Gasteiger charge is -2.18. The average molecular weight is 431 g/mol. The molecule has 1 aliphatic rings. The average Bonchev–Trinajstić information content (AvgIpc) is 3.09. The number of rotatable bonds is 8. The minimum absolute atomic E-state index is 0.137. The first kappa shape index (κ1) is 22.5. The highest BCUT2D eigenvalue weighted by molar-refractivity contribution is 7.89. The van der Waals surface area contributed by atoms with Gasteiger partial charge in [-0.15, -0.1) is 0 Å². The zero-order valence-electron chi connectivity index (χ0n) is 18.0. The molecule has 0 aliphatic carbocycles. The number of ether oxygens (including phenoxy) is 1. The Bertz CT molecular complexity index is 1000. The van der Waals surface area contributed by atoms with Crippen LogP contribution in [0.2, 0.25) is 0 Å². The third kappa shape index (κ3) is 5.68. The molecule has 1 aliphatic heterocycles. The van der Waals surface area contributed by atoms with Crippen LogP contribution in [-0.2, 0) is 16.6 Å². The van der Waals surface area contributed by atoms with Gasteiger partial charge in [-0.3, -0.25) is 9.69 Å². The molecular formula is C23H30N2O4S. The quantitative estimate of drug-likeness (QED) is 0.649. The first-order valence-electron chi connectivity index (χ1n) is 10.3. The summed E-state index contributed by atoms with van der Waals surface area (Å²) < 4.78 is 34.1. The summed E-state index contributed by atoms with van der Waals surface area (Å²) in [5, 5.41) is 0. The van der Waals surface area contributed by atoms with Crippen molar-refractivity contribution in [3.8, 4) is 5.75 Å². The van der Waals surface area contributed by atoms with Crippen molar-refractivity contribution in [2.24, 2.45) is 0 Å². The van der Waals surface area contributed by atoms with Crippen molar-refractivity contribution in [1.82, 2.24) is 9.62 Å². The second-order valence-electron chi connectivity index (χ2n) is 8.19. The van der Waals surface area contributed by atoms with Crippen molar-refractivity contribution in [3.05, 3.63) is 59.2 Å². The summed E-state index contributed by atoms with van der Waals surface area (Å²) in [6.45, 7) is 9.48. The van der Waals surface area contributed by atoms with Gasteiger partial charge in [-0.2, -0.15) is 0 Å². The zero-order valence-corrected chi connectivity index (χ0v) is 18.8.